The van der Waals surface area contributed by atoms with Crippen LogP contribution in [0.3, 0.4) is 0 Å². The summed E-state index contributed by atoms with van der Waals surface area (Å²) in [5.41, 5.74) is 4.01. The maximum Gasteiger partial charge on any atom is 0.262 e. The van der Waals surface area contributed by atoms with Crippen LogP contribution in [0.5, 0.6) is 11.5 Å². The van der Waals surface area contributed by atoms with E-state index in [1.54, 1.807) is 18.2 Å². The number of aromatic nitrogens is 2. The molecule has 3 aliphatic heterocycles. The van der Waals surface area contributed by atoms with Gasteiger partial charge in [-0.2, -0.15) is 0 Å². The minimum atomic E-state index is -3.48. The van der Waals surface area contributed by atoms with Gasteiger partial charge in [-0.1, -0.05) is 38.1 Å². The Morgan fingerprint density at radius 1 is 0.781 bits per heavy atom. The maximum atomic E-state index is 13.2. The molecule has 3 aliphatic rings. The Bertz CT molecular complexity index is 2410. The largest absolute Gasteiger partial charge is 0.494 e. The lowest BCUT2D eigenvalue weighted by Crippen LogP contribution is -2.54. The van der Waals surface area contributed by atoms with Gasteiger partial charge in [-0.15, -0.1) is 0 Å². The number of nitrogens with one attached hydrogen (secondary N) is 2. The molecule has 340 valence electrons. The number of amides is 4. The van der Waals surface area contributed by atoms with Crippen LogP contribution in [-0.4, -0.2) is 105 Å². The predicted octanol–water partition coefficient (Wildman–Crippen LogP) is 5.65. The fourth-order valence-corrected chi connectivity index (χ4v) is 8.53. The number of ether oxygens (including phenoxy) is 4. The van der Waals surface area contributed by atoms with Crippen LogP contribution >= 0.6 is 0 Å². The smallest absolute Gasteiger partial charge is 0.262 e. The molecule has 7 rings (SSSR count). The van der Waals surface area contributed by atoms with E-state index >= 15 is 0 Å². The minimum absolute atomic E-state index is 0.00427. The van der Waals surface area contributed by atoms with Gasteiger partial charge in [0.2, 0.25) is 27.8 Å². The molecule has 4 heterocycles. The number of imide groups is 2. The summed E-state index contributed by atoms with van der Waals surface area (Å²) in [4.78, 5) is 61.6. The average molecular weight is 897 g/mol. The normalized spacial score (nSPS) is 17.7. The number of sulfonamides is 1. The standard InChI is InChI=1S/C47H56N6O10S/c1-47(2,34-10-15-38(16-11-34)63-31-35-20-22-48-46(49-35)51-64(3,58)59)33-8-13-37(14-9-33)62-27-6-4-5-24-60-25-7-26-61-30-32-21-23-52(29-32)36-12-17-39-40(28-36)45(57)53(44(39)56)41-18-19-42(54)50-43(41)55/h8-17,20,22,28,32,41H,4-7,18-19,21,23-27,29-31H2,1-3H3,(H,48,49,51)(H,50,54,55). The summed E-state index contributed by atoms with van der Waals surface area (Å²) in [6.07, 6.45) is 7.42. The molecule has 0 bridgehead atoms. The van der Waals surface area contributed by atoms with Gasteiger partial charge in [-0.05, 0) is 98.2 Å². The van der Waals surface area contributed by atoms with Crippen LogP contribution in [0.15, 0.2) is 79.0 Å². The molecule has 16 nitrogen and oxygen atoms in total. The first-order valence-corrected chi connectivity index (χ1v) is 23.7. The number of fused-ring (bicyclic) bond motifs is 1. The SMILES string of the molecule is CC(C)(c1ccc(OCCCCCOCCCOCC2CCN(c3ccc4c(c3)C(=O)N(C3CCC(=O)NC3=O)C4=O)C2)cc1)c1ccc(OCc2ccnc(NS(C)(=O)=O)n2)cc1. The fourth-order valence-electron chi connectivity index (χ4n) is 8.10. The van der Waals surface area contributed by atoms with Gasteiger partial charge in [0.1, 0.15) is 24.1 Å². The molecule has 0 radical (unpaired) electrons. The van der Waals surface area contributed by atoms with Crippen molar-refractivity contribution in [1.29, 1.82) is 0 Å². The highest BCUT2D eigenvalue weighted by Gasteiger charge is 2.45. The van der Waals surface area contributed by atoms with Crippen LogP contribution in [0.2, 0.25) is 0 Å². The van der Waals surface area contributed by atoms with Crippen LogP contribution < -0.4 is 24.4 Å². The Morgan fingerprint density at radius 3 is 2.17 bits per heavy atom. The van der Waals surface area contributed by atoms with Gasteiger partial charge in [0, 0.05) is 62.5 Å². The van der Waals surface area contributed by atoms with E-state index in [0.717, 1.165) is 78.9 Å². The van der Waals surface area contributed by atoms with E-state index in [0.29, 0.717) is 56.0 Å². The summed E-state index contributed by atoms with van der Waals surface area (Å²) in [5, 5.41) is 2.23. The lowest BCUT2D eigenvalue weighted by molar-refractivity contribution is -0.136. The number of nitrogens with zero attached hydrogens (tertiary/aromatic N) is 4. The van der Waals surface area contributed by atoms with Crippen LogP contribution in [0.25, 0.3) is 0 Å². The number of piperidine rings is 1. The minimum Gasteiger partial charge on any atom is -0.494 e. The number of benzene rings is 3. The number of anilines is 2. The summed E-state index contributed by atoms with van der Waals surface area (Å²) < 4.78 is 49.0. The highest BCUT2D eigenvalue weighted by atomic mass is 32.2. The Kier molecular flexibility index (Phi) is 14.9. The Hall–Kier alpha value is -5.91. The highest BCUT2D eigenvalue weighted by molar-refractivity contribution is 7.92. The molecule has 2 fully saturated rings. The van der Waals surface area contributed by atoms with E-state index in [2.05, 4.69) is 50.9 Å². The van der Waals surface area contributed by atoms with Crippen molar-refractivity contribution in [3.63, 3.8) is 0 Å². The van der Waals surface area contributed by atoms with Gasteiger partial charge in [0.15, 0.2) is 0 Å². The molecule has 0 saturated carbocycles. The lowest BCUT2D eigenvalue weighted by Gasteiger charge is -2.27. The van der Waals surface area contributed by atoms with Crippen molar-refractivity contribution in [2.75, 3.05) is 62.0 Å². The van der Waals surface area contributed by atoms with Crippen molar-refractivity contribution in [1.82, 2.24) is 20.2 Å². The Balaban J connectivity index is 0.720. The van der Waals surface area contributed by atoms with E-state index in [1.165, 1.54) is 6.20 Å². The molecule has 0 aliphatic carbocycles. The zero-order valence-electron chi connectivity index (χ0n) is 36.5. The van der Waals surface area contributed by atoms with Gasteiger partial charge >= 0.3 is 0 Å². The third kappa shape index (κ3) is 11.8. The lowest BCUT2D eigenvalue weighted by atomic mass is 9.78. The second kappa shape index (κ2) is 20.7. The third-order valence-corrected chi connectivity index (χ3v) is 12.3. The first kappa shape index (κ1) is 46.1. The van der Waals surface area contributed by atoms with Crippen LogP contribution in [-0.2, 0) is 41.1 Å². The maximum absolute atomic E-state index is 13.2. The van der Waals surface area contributed by atoms with E-state index in [9.17, 15) is 27.6 Å². The molecule has 2 atom stereocenters. The van der Waals surface area contributed by atoms with Crippen molar-refractivity contribution in [3.05, 3.63) is 107 Å². The van der Waals surface area contributed by atoms with E-state index < -0.39 is 39.7 Å². The number of unbranched alkanes of at least 4 members (excludes halogenated alkanes) is 2. The first-order valence-electron chi connectivity index (χ1n) is 21.8. The predicted molar refractivity (Wildman–Crippen MR) is 239 cm³/mol. The van der Waals surface area contributed by atoms with Gasteiger partial charge < -0.3 is 23.8 Å². The number of carbonyl (C=O) groups is 4. The molecule has 1 aromatic heterocycles. The van der Waals surface area contributed by atoms with E-state index in [4.69, 9.17) is 18.9 Å². The third-order valence-electron chi connectivity index (χ3n) is 11.7. The molecule has 0 spiro atoms. The van der Waals surface area contributed by atoms with E-state index in [-0.39, 0.29) is 36.4 Å². The first-order chi connectivity index (χ1) is 30.7. The molecule has 2 unspecified atom stereocenters. The topological polar surface area (TPSA) is 196 Å². The molecule has 64 heavy (non-hydrogen) atoms. The fraction of sp³-hybridized carbons (Fsp3) is 0.447. The zero-order chi connectivity index (χ0) is 45.3. The monoisotopic (exact) mass is 896 g/mol. The molecule has 3 aromatic carbocycles. The number of hydrogen-bond donors (Lipinski definition) is 2. The summed E-state index contributed by atoms with van der Waals surface area (Å²) >= 11 is 0. The molecular formula is C47H56N6O10S. The van der Waals surface area contributed by atoms with Gasteiger partial charge in [0.05, 0.1) is 36.3 Å². The zero-order valence-corrected chi connectivity index (χ0v) is 37.4. The summed E-state index contributed by atoms with van der Waals surface area (Å²) in [7, 11) is -3.48. The quantitative estimate of drug-likeness (QED) is 0.0726. The summed E-state index contributed by atoms with van der Waals surface area (Å²) in [6, 6.07) is 22.1. The molecule has 17 heteroatoms. The highest BCUT2D eigenvalue weighted by Crippen LogP contribution is 2.35. The number of carbonyl (C=O) groups excluding carboxylic acids is 4. The summed E-state index contributed by atoms with van der Waals surface area (Å²) in [6.45, 7) is 9.34. The van der Waals surface area contributed by atoms with E-state index in [1.807, 2.05) is 42.5 Å². The molecule has 4 aromatic rings. The second-order valence-corrected chi connectivity index (χ2v) is 18.7. The van der Waals surface area contributed by atoms with Gasteiger partial charge in [-0.25, -0.2) is 18.4 Å². The van der Waals surface area contributed by atoms with Crippen molar-refractivity contribution in [2.45, 2.75) is 76.9 Å². The van der Waals surface area contributed by atoms with Crippen LogP contribution in [0.1, 0.15) is 96.3 Å². The molecule has 4 amide bonds. The van der Waals surface area contributed by atoms with Crippen LogP contribution in [0.4, 0.5) is 11.6 Å². The average Bonchev–Trinajstić information content (AvgIpc) is 3.84. The van der Waals surface area contributed by atoms with Crippen molar-refractivity contribution in [3.8, 4) is 11.5 Å². The number of hydrogen-bond acceptors (Lipinski definition) is 13. The summed E-state index contributed by atoms with van der Waals surface area (Å²) in [5.74, 6) is -0.151. The van der Waals surface area contributed by atoms with Crippen molar-refractivity contribution >= 4 is 45.3 Å². The molecule has 2 N–H and O–H groups in total. The van der Waals surface area contributed by atoms with Crippen molar-refractivity contribution in [2.24, 2.45) is 5.92 Å². The van der Waals surface area contributed by atoms with Gasteiger partial charge in [0.25, 0.3) is 11.8 Å². The molecule has 2 saturated heterocycles. The Morgan fingerprint density at radius 2 is 1.45 bits per heavy atom. The van der Waals surface area contributed by atoms with Crippen molar-refractivity contribution < 1.29 is 46.5 Å². The van der Waals surface area contributed by atoms with Crippen LogP contribution in [0, 0.1) is 5.92 Å². The second-order valence-electron chi connectivity index (χ2n) is 16.9. The number of rotatable bonds is 22. The Labute approximate surface area is 374 Å². The molecular weight excluding hydrogens is 841 g/mol. The van der Waals surface area contributed by atoms with Gasteiger partial charge in [-0.3, -0.25) is 34.1 Å².